The van der Waals surface area contributed by atoms with Crippen molar-refractivity contribution in [2.24, 2.45) is 5.92 Å². The molecule has 0 atom stereocenters. The number of carbonyl (C=O) groups excluding carboxylic acids is 1. The highest BCUT2D eigenvalue weighted by Gasteiger charge is 2.24. The number of amides is 1. The summed E-state index contributed by atoms with van der Waals surface area (Å²) in [4.78, 5) is 22.9. The molecule has 4 heterocycles. The van der Waals surface area contributed by atoms with Gasteiger partial charge in [-0.2, -0.15) is 0 Å². The average Bonchev–Trinajstić information content (AvgIpc) is 3.10. The molecule has 1 amide bonds. The first-order valence-electron chi connectivity index (χ1n) is 8.96. The third-order valence-electron chi connectivity index (χ3n) is 4.90. The number of likely N-dealkylation sites (tertiary alicyclic amines) is 1. The molecule has 6 heteroatoms. The molecule has 6 nitrogen and oxygen atoms in total. The number of aryl methyl sites for hydroxylation is 1. The van der Waals surface area contributed by atoms with Crippen molar-refractivity contribution in [3.8, 4) is 5.88 Å². The van der Waals surface area contributed by atoms with Crippen molar-refractivity contribution in [3.63, 3.8) is 0 Å². The summed E-state index contributed by atoms with van der Waals surface area (Å²) in [6.07, 6.45) is 7.29. The van der Waals surface area contributed by atoms with Crippen LogP contribution in [0.25, 0.3) is 5.52 Å². The van der Waals surface area contributed by atoms with Crippen LogP contribution < -0.4 is 4.74 Å². The minimum Gasteiger partial charge on any atom is -0.477 e. The van der Waals surface area contributed by atoms with Gasteiger partial charge in [-0.25, -0.2) is 9.97 Å². The van der Waals surface area contributed by atoms with Crippen LogP contribution in [0.3, 0.4) is 0 Å². The van der Waals surface area contributed by atoms with E-state index in [4.69, 9.17) is 4.74 Å². The van der Waals surface area contributed by atoms with Crippen molar-refractivity contribution in [1.29, 1.82) is 0 Å². The molecular weight excluding hydrogens is 328 g/mol. The molecule has 1 saturated heterocycles. The van der Waals surface area contributed by atoms with Crippen LogP contribution in [-0.2, 0) is 0 Å². The lowest BCUT2D eigenvalue weighted by atomic mass is 9.97. The predicted molar refractivity (Wildman–Crippen MR) is 98.3 cm³/mol. The third kappa shape index (κ3) is 3.54. The summed E-state index contributed by atoms with van der Waals surface area (Å²) >= 11 is 0. The highest BCUT2D eigenvalue weighted by molar-refractivity contribution is 5.95. The van der Waals surface area contributed by atoms with E-state index < -0.39 is 0 Å². The number of aromatic nitrogens is 3. The van der Waals surface area contributed by atoms with E-state index >= 15 is 0 Å². The van der Waals surface area contributed by atoms with Crippen molar-refractivity contribution in [3.05, 3.63) is 60.3 Å². The summed E-state index contributed by atoms with van der Waals surface area (Å²) in [7, 11) is 0. The lowest BCUT2D eigenvalue weighted by molar-refractivity contribution is 0.0659. The number of pyridine rings is 1. The molecule has 0 aromatic carbocycles. The molecule has 1 fully saturated rings. The summed E-state index contributed by atoms with van der Waals surface area (Å²) in [6, 6.07) is 9.75. The van der Waals surface area contributed by atoms with Crippen LogP contribution in [-0.4, -0.2) is 44.9 Å². The van der Waals surface area contributed by atoms with Crippen molar-refractivity contribution >= 4 is 11.4 Å². The van der Waals surface area contributed by atoms with Crippen molar-refractivity contribution in [1.82, 2.24) is 19.3 Å². The fourth-order valence-electron chi connectivity index (χ4n) is 3.37. The Morgan fingerprint density at radius 2 is 2.08 bits per heavy atom. The molecule has 1 aliphatic rings. The van der Waals surface area contributed by atoms with E-state index in [-0.39, 0.29) is 5.91 Å². The molecule has 4 rings (SSSR count). The van der Waals surface area contributed by atoms with Gasteiger partial charge in [0.15, 0.2) is 0 Å². The van der Waals surface area contributed by atoms with Gasteiger partial charge in [0.2, 0.25) is 5.88 Å². The SMILES string of the molecule is Cc1cc(OCC2CCN(C(=O)c3cc4ccccn4c3)CC2)ncn1. The number of rotatable bonds is 4. The molecule has 0 aliphatic carbocycles. The minimum atomic E-state index is 0.111. The van der Waals surface area contributed by atoms with Crippen LogP contribution in [0.5, 0.6) is 5.88 Å². The molecule has 0 spiro atoms. The Labute approximate surface area is 152 Å². The van der Waals surface area contributed by atoms with E-state index in [2.05, 4.69) is 9.97 Å². The van der Waals surface area contributed by atoms with Gasteiger partial charge in [-0.15, -0.1) is 0 Å². The third-order valence-corrected chi connectivity index (χ3v) is 4.90. The summed E-state index contributed by atoms with van der Waals surface area (Å²) in [6.45, 7) is 4.09. The number of piperidine rings is 1. The van der Waals surface area contributed by atoms with Gasteiger partial charge in [0.05, 0.1) is 12.2 Å². The molecule has 3 aromatic heterocycles. The highest BCUT2D eigenvalue weighted by atomic mass is 16.5. The Hall–Kier alpha value is -2.89. The zero-order chi connectivity index (χ0) is 17.9. The molecule has 0 unspecified atom stereocenters. The quantitative estimate of drug-likeness (QED) is 0.726. The molecule has 0 radical (unpaired) electrons. The number of ether oxygens (including phenoxy) is 1. The summed E-state index contributed by atoms with van der Waals surface area (Å²) < 4.78 is 7.77. The topological polar surface area (TPSA) is 59.7 Å². The number of nitrogens with zero attached hydrogens (tertiary/aromatic N) is 4. The average molecular weight is 350 g/mol. The molecule has 26 heavy (non-hydrogen) atoms. The van der Waals surface area contributed by atoms with Crippen LogP contribution in [0.2, 0.25) is 0 Å². The van der Waals surface area contributed by atoms with Gasteiger partial charge in [0, 0.05) is 42.8 Å². The maximum absolute atomic E-state index is 12.8. The Kier molecular flexibility index (Phi) is 4.56. The zero-order valence-corrected chi connectivity index (χ0v) is 14.8. The number of hydrogen-bond donors (Lipinski definition) is 0. The molecule has 0 saturated carbocycles. The van der Waals surface area contributed by atoms with Crippen molar-refractivity contribution in [2.75, 3.05) is 19.7 Å². The number of hydrogen-bond acceptors (Lipinski definition) is 4. The Bertz CT molecular complexity index is 880. The van der Waals surface area contributed by atoms with E-state index in [0.29, 0.717) is 18.4 Å². The van der Waals surface area contributed by atoms with Crippen molar-refractivity contribution in [2.45, 2.75) is 19.8 Å². The maximum Gasteiger partial charge on any atom is 0.255 e. The van der Waals surface area contributed by atoms with E-state index in [9.17, 15) is 4.79 Å². The van der Waals surface area contributed by atoms with Gasteiger partial charge >= 0.3 is 0 Å². The number of carbonyl (C=O) groups is 1. The second-order valence-electron chi connectivity index (χ2n) is 6.81. The van der Waals surface area contributed by atoms with Gasteiger partial charge < -0.3 is 14.0 Å². The Morgan fingerprint density at radius 1 is 1.23 bits per heavy atom. The smallest absolute Gasteiger partial charge is 0.255 e. The lowest BCUT2D eigenvalue weighted by Crippen LogP contribution is -2.39. The second kappa shape index (κ2) is 7.15. The molecule has 0 bridgehead atoms. The lowest BCUT2D eigenvalue weighted by Gasteiger charge is -2.31. The first kappa shape index (κ1) is 16.6. The first-order valence-corrected chi connectivity index (χ1v) is 8.96. The van der Waals surface area contributed by atoms with Gasteiger partial charge in [-0.3, -0.25) is 4.79 Å². The summed E-state index contributed by atoms with van der Waals surface area (Å²) in [5.74, 6) is 1.18. The second-order valence-corrected chi connectivity index (χ2v) is 6.81. The molecule has 3 aromatic rings. The van der Waals surface area contributed by atoms with E-state index in [1.165, 1.54) is 6.33 Å². The maximum atomic E-state index is 12.8. The van der Waals surface area contributed by atoms with Crippen LogP contribution in [0.4, 0.5) is 0 Å². The zero-order valence-electron chi connectivity index (χ0n) is 14.8. The molecular formula is C20H22N4O2. The minimum absolute atomic E-state index is 0.111. The predicted octanol–water partition coefficient (Wildman–Crippen LogP) is 2.97. The van der Waals surface area contributed by atoms with Gasteiger partial charge in [-0.1, -0.05) is 6.07 Å². The fourth-order valence-corrected chi connectivity index (χ4v) is 3.37. The summed E-state index contributed by atoms with van der Waals surface area (Å²) in [5, 5.41) is 0. The van der Waals surface area contributed by atoms with Gasteiger partial charge in [-0.05, 0) is 43.9 Å². The Morgan fingerprint density at radius 3 is 2.85 bits per heavy atom. The van der Waals surface area contributed by atoms with Crippen molar-refractivity contribution < 1.29 is 9.53 Å². The normalized spacial score (nSPS) is 15.3. The monoisotopic (exact) mass is 350 g/mol. The molecule has 0 N–H and O–H groups in total. The van der Waals surface area contributed by atoms with E-state index in [1.54, 1.807) is 0 Å². The fraction of sp³-hybridized carbons (Fsp3) is 0.350. The number of fused-ring (bicyclic) bond motifs is 1. The molecule has 134 valence electrons. The van der Waals surface area contributed by atoms with Crippen LogP contribution in [0.1, 0.15) is 28.9 Å². The van der Waals surface area contributed by atoms with Gasteiger partial charge in [0.25, 0.3) is 5.91 Å². The summed E-state index contributed by atoms with van der Waals surface area (Å²) in [5.41, 5.74) is 2.69. The Balaban J connectivity index is 1.32. The highest BCUT2D eigenvalue weighted by Crippen LogP contribution is 2.21. The first-order chi connectivity index (χ1) is 12.7. The van der Waals surface area contributed by atoms with Crippen LogP contribution in [0.15, 0.2) is 49.1 Å². The van der Waals surface area contributed by atoms with Crippen LogP contribution in [0, 0.1) is 12.8 Å². The van der Waals surface area contributed by atoms with E-state index in [1.807, 2.05) is 58.9 Å². The van der Waals surface area contributed by atoms with Gasteiger partial charge in [0.1, 0.15) is 6.33 Å². The van der Waals surface area contributed by atoms with Crippen LogP contribution >= 0.6 is 0 Å². The standard InChI is InChI=1S/C20H22N4O2/c1-15-10-19(22-14-21-15)26-13-16-5-8-23(9-6-16)20(25)17-11-18-4-2-3-7-24(18)12-17/h2-4,7,10-12,14,16H,5-6,8-9,13H2,1H3. The largest absolute Gasteiger partial charge is 0.477 e. The van der Waals surface area contributed by atoms with E-state index in [0.717, 1.165) is 42.7 Å². The molecule has 1 aliphatic heterocycles.